The van der Waals surface area contributed by atoms with E-state index in [0.717, 1.165) is 18.8 Å². The Morgan fingerprint density at radius 2 is 1.94 bits per heavy atom. The van der Waals surface area contributed by atoms with Gasteiger partial charge < -0.3 is 10.2 Å². The molecule has 0 radical (unpaired) electrons. The van der Waals surface area contributed by atoms with Gasteiger partial charge in [-0.15, -0.1) is 0 Å². The molecule has 1 aliphatic heterocycles. The van der Waals surface area contributed by atoms with Crippen molar-refractivity contribution < 1.29 is 4.79 Å². The second-order valence-corrected chi connectivity index (χ2v) is 5.83. The zero-order valence-electron chi connectivity index (χ0n) is 11.4. The van der Waals surface area contributed by atoms with Crippen molar-refractivity contribution in [1.29, 1.82) is 0 Å². The van der Waals surface area contributed by atoms with Crippen molar-refractivity contribution in [2.75, 3.05) is 18.0 Å². The van der Waals surface area contributed by atoms with Crippen molar-refractivity contribution in [2.45, 2.75) is 39.2 Å². The molecule has 4 heteroatoms. The largest absolute Gasteiger partial charge is 0.370 e. The molecule has 1 fully saturated rings. The summed E-state index contributed by atoms with van der Waals surface area (Å²) in [5.74, 6) is -0.0592. The summed E-state index contributed by atoms with van der Waals surface area (Å²) in [4.78, 5) is 18.5. The average molecular weight is 247 g/mol. The Balaban J connectivity index is 2.14. The highest BCUT2D eigenvalue weighted by Crippen LogP contribution is 2.20. The van der Waals surface area contributed by atoms with Gasteiger partial charge in [0, 0.05) is 24.8 Å². The predicted molar refractivity (Wildman–Crippen MR) is 72.9 cm³/mol. The maximum atomic E-state index is 12.1. The van der Waals surface area contributed by atoms with E-state index >= 15 is 0 Å². The first-order chi connectivity index (χ1) is 8.46. The number of aromatic nitrogens is 1. The highest BCUT2D eigenvalue weighted by Gasteiger charge is 2.18. The maximum Gasteiger partial charge on any atom is 0.253 e. The van der Waals surface area contributed by atoms with Crippen LogP contribution in [0.4, 0.5) is 5.69 Å². The smallest absolute Gasteiger partial charge is 0.253 e. The van der Waals surface area contributed by atoms with Crippen molar-refractivity contribution in [2.24, 2.45) is 0 Å². The number of hydrogen-bond acceptors (Lipinski definition) is 3. The van der Waals surface area contributed by atoms with Crippen LogP contribution in [0.15, 0.2) is 18.5 Å². The van der Waals surface area contributed by atoms with E-state index in [2.05, 4.69) is 15.2 Å². The summed E-state index contributed by atoms with van der Waals surface area (Å²) >= 11 is 0. The Morgan fingerprint density at radius 1 is 1.28 bits per heavy atom. The van der Waals surface area contributed by atoms with Gasteiger partial charge in [-0.3, -0.25) is 9.78 Å². The van der Waals surface area contributed by atoms with E-state index < -0.39 is 0 Å². The van der Waals surface area contributed by atoms with Crippen LogP contribution in [0.3, 0.4) is 0 Å². The molecule has 1 aliphatic rings. The van der Waals surface area contributed by atoms with E-state index in [4.69, 9.17) is 0 Å². The van der Waals surface area contributed by atoms with Crippen LogP contribution >= 0.6 is 0 Å². The van der Waals surface area contributed by atoms with Gasteiger partial charge in [-0.05, 0) is 39.7 Å². The van der Waals surface area contributed by atoms with Crippen molar-refractivity contribution >= 4 is 11.6 Å². The molecule has 0 aromatic carbocycles. The Hall–Kier alpha value is -1.58. The van der Waals surface area contributed by atoms with Crippen LogP contribution < -0.4 is 10.2 Å². The highest BCUT2D eigenvalue weighted by atomic mass is 16.1. The van der Waals surface area contributed by atoms with E-state index in [-0.39, 0.29) is 11.4 Å². The number of amides is 1. The van der Waals surface area contributed by atoms with E-state index in [0.29, 0.717) is 5.56 Å². The van der Waals surface area contributed by atoms with E-state index in [9.17, 15) is 4.79 Å². The molecule has 0 aliphatic carbocycles. The minimum atomic E-state index is -0.221. The first kappa shape index (κ1) is 12.9. The zero-order chi connectivity index (χ0) is 13.2. The Bertz CT molecular complexity index is 431. The molecular formula is C14H21N3O. The molecule has 0 saturated carbocycles. The molecular weight excluding hydrogens is 226 g/mol. The summed E-state index contributed by atoms with van der Waals surface area (Å²) in [6.07, 6.45) is 5.90. The van der Waals surface area contributed by atoms with Crippen LogP contribution in [0.1, 0.15) is 44.0 Å². The number of nitrogens with zero attached hydrogens (tertiary/aromatic N) is 2. The number of nitrogens with one attached hydrogen (secondary N) is 1. The lowest BCUT2D eigenvalue weighted by Crippen LogP contribution is -2.40. The van der Waals surface area contributed by atoms with Crippen molar-refractivity contribution in [1.82, 2.24) is 10.3 Å². The van der Waals surface area contributed by atoms with Gasteiger partial charge >= 0.3 is 0 Å². The summed E-state index contributed by atoms with van der Waals surface area (Å²) in [6, 6.07) is 1.93. The normalized spacial score (nSPS) is 15.8. The standard InChI is InChI=1S/C14H21N3O/c1-14(2,3)16-13(18)11-8-12(10-15-9-11)17-6-4-5-7-17/h8-10H,4-7H2,1-3H3,(H,16,18). The van der Waals surface area contributed by atoms with E-state index in [1.54, 1.807) is 6.20 Å². The summed E-state index contributed by atoms with van der Waals surface area (Å²) in [5.41, 5.74) is 1.46. The molecule has 2 heterocycles. The number of carbonyl (C=O) groups is 1. The molecule has 1 amide bonds. The minimum Gasteiger partial charge on any atom is -0.370 e. The van der Waals surface area contributed by atoms with Crippen LogP contribution in [-0.2, 0) is 0 Å². The maximum absolute atomic E-state index is 12.1. The van der Waals surface area contributed by atoms with Crippen molar-refractivity contribution in [3.8, 4) is 0 Å². The fraction of sp³-hybridized carbons (Fsp3) is 0.571. The van der Waals surface area contributed by atoms with Gasteiger partial charge in [-0.2, -0.15) is 0 Å². The van der Waals surface area contributed by atoms with Gasteiger partial charge in [0.2, 0.25) is 0 Å². The third-order valence-corrected chi connectivity index (χ3v) is 2.95. The predicted octanol–water partition coefficient (Wildman–Crippen LogP) is 2.21. The SMILES string of the molecule is CC(C)(C)NC(=O)c1cncc(N2CCCC2)c1. The topological polar surface area (TPSA) is 45.2 Å². The molecule has 2 rings (SSSR count). The lowest BCUT2D eigenvalue weighted by molar-refractivity contribution is 0.0919. The fourth-order valence-electron chi connectivity index (χ4n) is 2.11. The lowest BCUT2D eigenvalue weighted by atomic mass is 10.1. The van der Waals surface area contributed by atoms with Crippen LogP contribution in [-0.4, -0.2) is 29.5 Å². The molecule has 0 bridgehead atoms. The molecule has 1 aromatic rings. The van der Waals surface area contributed by atoms with Crippen molar-refractivity contribution in [3.05, 3.63) is 24.0 Å². The van der Waals surface area contributed by atoms with Gasteiger partial charge in [0.25, 0.3) is 5.91 Å². The highest BCUT2D eigenvalue weighted by molar-refractivity contribution is 5.95. The van der Waals surface area contributed by atoms with Crippen LogP contribution in [0.5, 0.6) is 0 Å². The summed E-state index contributed by atoms with van der Waals surface area (Å²) in [5, 5.41) is 2.96. The average Bonchev–Trinajstić information content (AvgIpc) is 2.80. The fourth-order valence-corrected chi connectivity index (χ4v) is 2.11. The first-order valence-corrected chi connectivity index (χ1v) is 6.48. The Labute approximate surface area is 108 Å². The van der Waals surface area contributed by atoms with E-state index in [1.165, 1.54) is 12.8 Å². The molecule has 4 nitrogen and oxygen atoms in total. The number of anilines is 1. The third kappa shape index (κ3) is 3.22. The molecule has 1 saturated heterocycles. The van der Waals surface area contributed by atoms with Gasteiger partial charge in [-0.1, -0.05) is 0 Å². The number of pyridine rings is 1. The van der Waals surface area contributed by atoms with Gasteiger partial charge in [0.15, 0.2) is 0 Å². The molecule has 98 valence electrons. The van der Waals surface area contributed by atoms with Crippen LogP contribution in [0.2, 0.25) is 0 Å². The monoisotopic (exact) mass is 247 g/mol. The lowest BCUT2D eigenvalue weighted by Gasteiger charge is -2.21. The molecule has 1 aromatic heterocycles. The quantitative estimate of drug-likeness (QED) is 0.871. The number of hydrogen-bond donors (Lipinski definition) is 1. The summed E-state index contributed by atoms with van der Waals surface area (Å²) in [6.45, 7) is 8.05. The zero-order valence-corrected chi connectivity index (χ0v) is 11.4. The molecule has 1 N–H and O–H groups in total. The Kier molecular flexibility index (Phi) is 3.55. The molecule has 0 atom stereocenters. The molecule has 0 unspecified atom stereocenters. The minimum absolute atomic E-state index is 0.0592. The number of rotatable bonds is 2. The molecule has 0 spiro atoms. The first-order valence-electron chi connectivity index (χ1n) is 6.48. The third-order valence-electron chi connectivity index (χ3n) is 2.95. The van der Waals surface area contributed by atoms with Crippen molar-refractivity contribution in [3.63, 3.8) is 0 Å². The van der Waals surface area contributed by atoms with Gasteiger partial charge in [-0.25, -0.2) is 0 Å². The molecule has 18 heavy (non-hydrogen) atoms. The van der Waals surface area contributed by atoms with Gasteiger partial charge in [0.05, 0.1) is 17.4 Å². The van der Waals surface area contributed by atoms with Crippen LogP contribution in [0.25, 0.3) is 0 Å². The number of carbonyl (C=O) groups excluding carboxylic acids is 1. The second-order valence-electron chi connectivity index (χ2n) is 5.83. The second kappa shape index (κ2) is 4.96. The van der Waals surface area contributed by atoms with Crippen LogP contribution in [0, 0.1) is 0 Å². The Morgan fingerprint density at radius 3 is 2.56 bits per heavy atom. The van der Waals surface area contributed by atoms with E-state index in [1.807, 2.05) is 33.0 Å². The summed E-state index contributed by atoms with van der Waals surface area (Å²) in [7, 11) is 0. The summed E-state index contributed by atoms with van der Waals surface area (Å²) < 4.78 is 0. The van der Waals surface area contributed by atoms with Gasteiger partial charge in [0.1, 0.15) is 0 Å².